The molecule has 0 aliphatic carbocycles. The molecular weight excluding hydrogens is 380 g/mol. The van der Waals surface area contributed by atoms with E-state index in [0.29, 0.717) is 37.3 Å². The maximum atomic E-state index is 5.50. The van der Waals surface area contributed by atoms with E-state index in [1.807, 2.05) is 31.4 Å². The van der Waals surface area contributed by atoms with Crippen molar-refractivity contribution in [2.75, 3.05) is 32.8 Å². The van der Waals surface area contributed by atoms with Crippen LogP contribution in [-0.4, -0.2) is 62.9 Å². The molecule has 4 heterocycles. The van der Waals surface area contributed by atoms with Crippen LogP contribution >= 0.6 is 11.3 Å². The number of hydrogen-bond acceptors (Lipinski definition) is 10. The van der Waals surface area contributed by atoms with Crippen molar-refractivity contribution in [1.29, 1.82) is 0 Å². The first-order valence-corrected chi connectivity index (χ1v) is 10.3. The summed E-state index contributed by atoms with van der Waals surface area (Å²) >= 11 is 1.60. The van der Waals surface area contributed by atoms with Crippen molar-refractivity contribution >= 4 is 11.3 Å². The third kappa shape index (κ3) is 4.64. The summed E-state index contributed by atoms with van der Waals surface area (Å²) in [7, 11) is 0. The first-order chi connectivity index (χ1) is 13.7. The van der Waals surface area contributed by atoms with Crippen molar-refractivity contribution in [2.45, 2.75) is 33.0 Å². The summed E-state index contributed by atoms with van der Waals surface area (Å²) < 4.78 is 16.2. The van der Waals surface area contributed by atoms with Crippen molar-refractivity contribution in [3.05, 3.63) is 35.1 Å². The zero-order valence-electron chi connectivity index (χ0n) is 16.1. The highest BCUT2D eigenvalue weighted by Gasteiger charge is 2.22. The highest BCUT2D eigenvalue weighted by atomic mass is 32.1. The predicted molar refractivity (Wildman–Crippen MR) is 103 cm³/mol. The quantitative estimate of drug-likeness (QED) is 0.561. The Kier molecular flexibility index (Phi) is 6.10. The van der Waals surface area contributed by atoms with Gasteiger partial charge in [0, 0.05) is 32.8 Å². The summed E-state index contributed by atoms with van der Waals surface area (Å²) in [5, 5.41) is 10.1. The SMILES string of the molecule is CCO[C@@H](C)c1noc(CN2CCN(Cc3noc(-c4cccs4)n3)CC2)n1. The molecule has 10 heteroatoms. The normalized spacial score (nSPS) is 17.2. The van der Waals surface area contributed by atoms with E-state index in [0.717, 1.165) is 36.9 Å². The molecule has 0 bridgehead atoms. The van der Waals surface area contributed by atoms with Gasteiger partial charge in [0.1, 0.15) is 6.10 Å². The summed E-state index contributed by atoms with van der Waals surface area (Å²) in [6.07, 6.45) is -0.145. The van der Waals surface area contributed by atoms with E-state index in [4.69, 9.17) is 13.8 Å². The molecule has 0 aromatic carbocycles. The molecular formula is C18H24N6O3S. The number of aromatic nitrogens is 4. The van der Waals surface area contributed by atoms with E-state index >= 15 is 0 Å². The molecule has 1 atom stereocenters. The lowest BCUT2D eigenvalue weighted by Crippen LogP contribution is -2.45. The van der Waals surface area contributed by atoms with Gasteiger partial charge in [-0.2, -0.15) is 9.97 Å². The van der Waals surface area contributed by atoms with Gasteiger partial charge in [-0.25, -0.2) is 0 Å². The lowest BCUT2D eigenvalue weighted by atomic mass is 10.3. The number of ether oxygens (including phenoxy) is 1. The van der Waals surface area contributed by atoms with E-state index in [2.05, 4.69) is 30.1 Å². The van der Waals surface area contributed by atoms with Gasteiger partial charge in [0.05, 0.1) is 18.0 Å². The van der Waals surface area contributed by atoms with Crippen LogP contribution in [0.4, 0.5) is 0 Å². The van der Waals surface area contributed by atoms with Crippen LogP contribution < -0.4 is 0 Å². The smallest absolute Gasteiger partial charge is 0.268 e. The molecule has 0 amide bonds. The largest absolute Gasteiger partial charge is 0.371 e. The molecule has 1 fully saturated rings. The van der Waals surface area contributed by atoms with Crippen LogP contribution in [0.2, 0.25) is 0 Å². The van der Waals surface area contributed by atoms with Crippen molar-refractivity contribution in [3.8, 4) is 10.8 Å². The summed E-state index contributed by atoms with van der Waals surface area (Å²) in [6.45, 7) is 9.57. The van der Waals surface area contributed by atoms with Crippen LogP contribution in [0.15, 0.2) is 26.6 Å². The first kappa shape index (κ1) is 19.2. The lowest BCUT2D eigenvalue weighted by Gasteiger charge is -2.33. The molecule has 0 unspecified atom stereocenters. The van der Waals surface area contributed by atoms with Crippen LogP contribution in [0, 0.1) is 0 Å². The van der Waals surface area contributed by atoms with E-state index in [1.165, 1.54) is 0 Å². The van der Waals surface area contributed by atoms with Crippen LogP contribution in [0.5, 0.6) is 0 Å². The number of thiophene rings is 1. The van der Waals surface area contributed by atoms with Crippen LogP contribution in [-0.2, 0) is 17.8 Å². The Balaban J connectivity index is 1.25. The van der Waals surface area contributed by atoms with Gasteiger partial charge in [-0.05, 0) is 25.3 Å². The summed E-state index contributed by atoms with van der Waals surface area (Å²) in [6, 6.07) is 3.96. The fourth-order valence-electron chi connectivity index (χ4n) is 3.14. The molecule has 9 nitrogen and oxygen atoms in total. The molecule has 0 N–H and O–H groups in total. The van der Waals surface area contributed by atoms with E-state index < -0.39 is 0 Å². The molecule has 1 aliphatic rings. The van der Waals surface area contributed by atoms with Gasteiger partial charge < -0.3 is 13.8 Å². The predicted octanol–water partition coefficient (Wildman–Crippen LogP) is 2.60. The number of piperazine rings is 1. The van der Waals surface area contributed by atoms with Crippen LogP contribution in [0.25, 0.3) is 10.8 Å². The maximum absolute atomic E-state index is 5.50. The Labute approximate surface area is 167 Å². The highest BCUT2D eigenvalue weighted by molar-refractivity contribution is 7.13. The first-order valence-electron chi connectivity index (χ1n) is 9.46. The zero-order chi connectivity index (χ0) is 19.3. The Bertz CT molecular complexity index is 856. The van der Waals surface area contributed by atoms with Gasteiger partial charge in [-0.3, -0.25) is 9.80 Å². The number of hydrogen-bond donors (Lipinski definition) is 0. The van der Waals surface area contributed by atoms with E-state index in [-0.39, 0.29) is 6.10 Å². The van der Waals surface area contributed by atoms with Crippen molar-refractivity contribution in [2.24, 2.45) is 0 Å². The molecule has 3 aromatic heterocycles. The lowest BCUT2D eigenvalue weighted by molar-refractivity contribution is 0.0683. The molecule has 4 rings (SSSR count). The minimum absolute atomic E-state index is 0.145. The fraction of sp³-hybridized carbons (Fsp3) is 0.556. The third-order valence-electron chi connectivity index (χ3n) is 4.65. The Hall–Kier alpha value is -2.14. The average Bonchev–Trinajstić information content (AvgIpc) is 3.45. The molecule has 1 aliphatic heterocycles. The Morgan fingerprint density at radius 3 is 2.61 bits per heavy atom. The van der Waals surface area contributed by atoms with Gasteiger partial charge in [-0.1, -0.05) is 16.4 Å². The monoisotopic (exact) mass is 404 g/mol. The minimum atomic E-state index is -0.145. The molecule has 0 saturated carbocycles. The molecule has 3 aromatic rings. The van der Waals surface area contributed by atoms with Crippen LogP contribution in [0.1, 0.15) is 37.5 Å². The molecule has 1 saturated heterocycles. The third-order valence-corrected chi connectivity index (χ3v) is 5.51. The van der Waals surface area contributed by atoms with Crippen LogP contribution in [0.3, 0.4) is 0 Å². The van der Waals surface area contributed by atoms with Crippen molar-refractivity contribution in [3.63, 3.8) is 0 Å². The second-order valence-electron chi connectivity index (χ2n) is 6.69. The molecule has 0 radical (unpaired) electrons. The standard InChI is InChI=1S/C18H24N6O3S/c1-3-25-13(2)17-20-16(26-22-17)12-24-8-6-23(7-9-24)11-15-19-18(27-21-15)14-5-4-10-28-14/h4-5,10,13H,3,6-9,11-12H2,1-2H3/t13-/m0/s1. The highest BCUT2D eigenvalue weighted by Crippen LogP contribution is 2.23. The van der Waals surface area contributed by atoms with E-state index in [1.54, 1.807) is 11.3 Å². The minimum Gasteiger partial charge on any atom is -0.371 e. The molecule has 0 spiro atoms. The summed E-state index contributed by atoms with van der Waals surface area (Å²) in [4.78, 5) is 14.6. The van der Waals surface area contributed by atoms with Crippen molar-refractivity contribution in [1.82, 2.24) is 30.1 Å². The van der Waals surface area contributed by atoms with Crippen molar-refractivity contribution < 1.29 is 13.8 Å². The summed E-state index contributed by atoms with van der Waals surface area (Å²) in [5.41, 5.74) is 0. The summed E-state index contributed by atoms with van der Waals surface area (Å²) in [5.74, 6) is 2.56. The Morgan fingerprint density at radius 2 is 1.89 bits per heavy atom. The second-order valence-corrected chi connectivity index (χ2v) is 7.64. The van der Waals surface area contributed by atoms with Gasteiger partial charge in [0.2, 0.25) is 5.89 Å². The zero-order valence-corrected chi connectivity index (χ0v) is 16.9. The Morgan fingerprint density at radius 1 is 1.11 bits per heavy atom. The molecule has 150 valence electrons. The van der Waals surface area contributed by atoms with Gasteiger partial charge >= 0.3 is 0 Å². The number of rotatable bonds is 8. The number of nitrogens with zero attached hydrogens (tertiary/aromatic N) is 6. The molecule has 28 heavy (non-hydrogen) atoms. The van der Waals surface area contributed by atoms with Gasteiger partial charge in [-0.15, -0.1) is 11.3 Å². The fourth-order valence-corrected chi connectivity index (χ4v) is 3.78. The average molecular weight is 404 g/mol. The van der Waals surface area contributed by atoms with E-state index in [9.17, 15) is 0 Å². The van der Waals surface area contributed by atoms with Gasteiger partial charge in [0.15, 0.2) is 11.6 Å². The maximum Gasteiger partial charge on any atom is 0.268 e. The second kappa shape index (κ2) is 8.91. The van der Waals surface area contributed by atoms with Gasteiger partial charge in [0.25, 0.3) is 5.89 Å². The topological polar surface area (TPSA) is 93.6 Å².